The first-order valence-electron chi connectivity index (χ1n) is 6.77. The fourth-order valence-corrected chi connectivity index (χ4v) is 2.91. The molecule has 0 aliphatic rings. The van der Waals surface area contributed by atoms with Crippen LogP contribution in [0, 0.1) is 0 Å². The minimum absolute atomic E-state index is 1.01. The van der Waals surface area contributed by atoms with Gasteiger partial charge in [-0.05, 0) is 23.6 Å². The van der Waals surface area contributed by atoms with Gasteiger partial charge in [0.25, 0.3) is 0 Å². The first kappa shape index (κ1) is 13.1. The van der Waals surface area contributed by atoms with E-state index < -0.39 is 0 Å². The maximum Gasteiger partial charge on any atom is 0.145 e. The van der Waals surface area contributed by atoms with Crippen LogP contribution in [0.25, 0.3) is 27.3 Å². The van der Waals surface area contributed by atoms with Crippen molar-refractivity contribution in [2.75, 3.05) is 0 Å². The molecule has 0 fully saturated rings. The van der Waals surface area contributed by atoms with Gasteiger partial charge in [-0.2, -0.15) is 0 Å². The molecular weight excluding hydrogens is 312 g/mol. The zero-order valence-electron chi connectivity index (χ0n) is 11.5. The first-order valence-corrected chi connectivity index (χ1v) is 7.57. The summed E-state index contributed by atoms with van der Waals surface area (Å²) in [5.41, 5.74) is 2.20. The highest BCUT2D eigenvalue weighted by atomic mass is 79.9. The summed E-state index contributed by atoms with van der Waals surface area (Å²) in [5, 5.41) is 3.67. The zero-order valence-corrected chi connectivity index (χ0v) is 13.1. The lowest BCUT2D eigenvalue weighted by atomic mass is 10.1. The van der Waals surface area contributed by atoms with E-state index in [2.05, 4.69) is 67.8 Å². The number of hydrogen-bond acceptors (Lipinski definition) is 1. The third-order valence-electron chi connectivity index (χ3n) is 3.32. The number of hydrogen-bond donors (Lipinski definition) is 0. The van der Waals surface area contributed by atoms with Gasteiger partial charge in [0.1, 0.15) is 5.65 Å². The highest BCUT2D eigenvalue weighted by Gasteiger charge is 2.08. The van der Waals surface area contributed by atoms with Crippen LogP contribution in [0.4, 0.5) is 0 Å². The van der Waals surface area contributed by atoms with Crippen molar-refractivity contribution >= 4 is 43.3 Å². The summed E-state index contributed by atoms with van der Waals surface area (Å²) >= 11 is 3.55. The minimum atomic E-state index is 1.01. The number of rotatable bonds is 0. The van der Waals surface area contributed by atoms with E-state index in [1.807, 2.05) is 26.2 Å². The van der Waals surface area contributed by atoms with E-state index in [9.17, 15) is 0 Å². The molecule has 0 radical (unpaired) electrons. The zero-order chi connectivity index (χ0) is 14.1. The van der Waals surface area contributed by atoms with Crippen molar-refractivity contribution < 1.29 is 0 Å². The molecular formula is C17H15BrN2. The number of fused-ring (bicyclic) bond motifs is 6. The van der Waals surface area contributed by atoms with Gasteiger partial charge in [-0.25, -0.2) is 4.98 Å². The Bertz CT molecular complexity index is 893. The van der Waals surface area contributed by atoms with Crippen molar-refractivity contribution in [3.05, 3.63) is 59.3 Å². The molecule has 0 saturated carbocycles. The van der Waals surface area contributed by atoms with E-state index >= 15 is 0 Å². The molecule has 0 N–H and O–H groups in total. The van der Waals surface area contributed by atoms with Crippen molar-refractivity contribution in [2.24, 2.45) is 0 Å². The van der Waals surface area contributed by atoms with Gasteiger partial charge in [0, 0.05) is 27.6 Å². The van der Waals surface area contributed by atoms with Crippen molar-refractivity contribution in [1.29, 1.82) is 0 Å². The van der Waals surface area contributed by atoms with E-state index in [1.165, 1.54) is 21.7 Å². The highest BCUT2D eigenvalue weighted by molar-refractivity contribution is 9.10. The molecule has 0 aliphatic heterocycles. The molecule has 0 aliphatic carbocycles. The van der Waals surface area contributed by atoms with Crippen LogP contribution in [0.2, 0.25) is 0 Å². The molecule has 2 heterocycles. The van der Waals surface area contributed by atoms with Crippen LogP contribution in [-0.2, 0) is 0 Å². The van der Waals surface area contributed by atoms with Gasteiger partial charge < -0.3 is 0 Å². The maximum absolute atomic E-state index is 4.47. The van der Waals surface area contributed by atoms with Crippen LogP contribution in [0.3, 0.4) is 0 Å². The topological polar surface area (TPSA) is 17.3 Å². The Kier molecular flexibility index (Phi) is 3.45. The standard InChI is InChI=1S/C15H9BrN2.C2H6/c16-10-5-6-14-13(9-10)11-3-1-2-4-12(11)15-17-7-8-18(14)15;1-2/h1-9H;1-2H3. The molecule has 20 heavy (non-hydrogen) atoms. The Balaban J connectivity index is 0.000000581. The number of benzene rings is 2. The molecule has 3 heteroatoms. The Morgan fingerprint density at radius 1 is 0.950 bits per heavy atom. The summed E-state index contributed by atoms with van der Waals surface area (Å²) < 4.78 is 3.24. The van der Waals surface area contributed by atoms with Crippen LogP contribution < -0.4 is 0 Å². The first-order chi connectivity index (χ1) is 9.84. The summed E-state index contributed by atoms with van der Waals surface area (Å²) in [7, 11) is 0. The van der Waals surface area contributed by atoms with E-state index in [4.69, 9.17) is 0 Å². The average molecular weight is 327 g/mol. The smallest absolute Gasteiger partial charge is 0.145 e. The predicted molar refractivity (Wildman–Crippen MR) is 89.3 cm³/mol. The van der Waals surface area contributed by atoms with Crippen molar-refractivity contribution in [3.63, 3.8) is 0 Å². The van der Waals surface area contributed by atoms with Crippen LogP contribution in [0.1, 0.15) is 13.8 Å². The quantitative estimate of drug-likeness (QED) is 0.394. The molecule has 2 nitrogen and oxygen atoms in total. The number of halogens is 1. The molecule has 0 spiro atoms. The highest BCUT2D eigenvalue weighted by Crippen LogP contribution is 2.30. The average Bonchev–Trinajstić information content (AvgIpc) is 2.99. The summed E-state index contributed by atoms with van der Waals surface area (Å²) in [6.07, 6.45) is 3.86. The molecule has 0 bridgehead atoms. The Morgan fingerprint density at radius 3 is 2.50 bits per heavy atom. The van der Waals surface area contributed by atoms with Gasteiger partial charge in [-0.1, -0.05) is 54.0 Å². The van der Waals surface area contributed by atoms with Crippen LogP contribution in [-0.4, -0.2) is 9.38 Å². The molecule has 0 atom stereocenters. The lowest BCUT2D eigenvalue weighted by Gasteiger charge is -2.08. The summed E-state index contributed by atoms with van der Waals surface area (Å²) in [6, 6.07) is 14.8. The number of pyridine rings is 1. The Labute approximate surface area is 126 Å². The minimum Gasteiger partial charge on any atom is -0.299 e. The molecule has 4 aromatic rings. The van der Waals surface area contributed by atoms with Crippen LogP contribution in [0.15, 0.2) is 59.3 Å². The van der Waals surface area contributed by atoms with Gasteiger partial charge in [0.2, 0.25) is 0 Å². The second kappa shape index (κ2) is 5.25. The molecule has 0 saturated heterocycles. The Morgan fingerprint density at radius 2 is 1.70 bits per heavy atom. The van der Waals surface area contributed by atoms with Gasteiger partial charge in [-0.15, -0.1) is 0 Å². The molecule has 2 aromatic heterocycles. The largest absolute Gasteiger partial charge is 0.299 e. The fraction of sp³-hybridized carbons (Fsp3) is 0.118. The number of nitrogens with zero attached hydrogens (tertiary/aromatic N) is 2. The third-order valence-corrected chi connectivity index (χ3v) is 3.81. The Hall–Kier alpha value is -1.87. The predicted octanol–water partition coefficient (Wildman–Crippen LogP) is 5.43. The fourth-order valence-electron chi connectivity index (χ4n) is 2.54. The normalized spacial score (nSPS) is 10.8. The number of imidazole rings is 1. The van der Waals surface area contributed by atoms with Crippen molar-refractivity contribution in [3.8, 4) is 0 Å². The molecule has 100 valence electrons. The number of aromatic nitrogens is 2. The van der Waals surface area contributed by atoms with E-state index in [1.54, 1.807) is 0 Å². The second-order valence-electron chi connectivity index (χ2n) is 4.33. The van der Waals surface area contributed by atoms with Crippen molar-refractivity contribution in [2.45, 2.75) is 13.8 Å². The summed E-state index contributed by atoms with van der Waals surface area (Å²) in [5.74, 6) is 0. The van der Waals surface area contributed by atoms with Crippen LogP contribution in [0.5, 0.6) is 0 Å². The maximum atomic E-state index is 4.47. The van der Waals surface area contributed by atoms with Gasteiger partial charge >= 0.3 is 0 Å². The summed E-state index contributed by atoms with van der Waals surface area (Å²) in [6.45, 7) is 4.00. The lowest BCUT2D eigenvalue weighted by Crippen LogP contribution is -1.90. The van der Waals surface area contributed by atoms with Gasteiger partial charge in [0.15, 0.2) is 0 Å². The molecule has 0 amide bonds. The monoisotopic (exact) mass is 326 g/mol. The van der Waals surface area contributed by atoms with E-state index in [0.29, 0.717) is 0 Å². The molecule has 2 aromatic carbocycles. The van der Waals surface area contributed by atoms with Gasteiger partial charge in [0.05, 0.1) is 5.52 Å². The third kappa shape index (κ3) is 1.90. The summed E-state index contributed by atoms with van der Waals surface area (Å²) in [4.78, 5) is 4.47. The second-order valence-corrected chi connectivity index (χ2v) is 5.24. The van der Waals surface area contributed by atoms with E-state index in [-0.39, 0.29) is 0 Å². The SMILES string of the molecule is Brc1ccc2c(c1)c1ccccc1c1nccn21.CC. The molecule has 4 rings (SSSR count). The van der Waals surface area contributed by atoms with Gasteiger partial charge in [-0.3, -0.25) is 4.40 Å². The van der Waals surface area contributed by atoms with Crippen molar-refractivity contribution in [1.82, 2.24) is 9.38 Å². The van der Waals surface area contributed by atoms with E-state index in [0.717, 1.165) is 10.1 Å². The lowest BCUT2D eigenvalue weighted by molar-refractivity contribution is 1.27. The van der Waals surface area contributed by atoms with Crippen LogP contribution >= 0.6 is 15.9 Å². The molecule has 0 unspecified atom stereocenters.